The monoisotopic (exact) mass is 256 g/mol. The zero-order chi connectivity index (χ0) is 9.42. The highest BCUT2D eigenvalue weighted by atomic mass is 79.9. The Labute approximate surface area is 86.9 Å². The van der Waals surface area contributed by atoms with Crippen molar-refractivity contribution in [1.82, 2.24) is 0 Å². The van der Waals surface area contributed by atoms with Crippen LogP contribution < -0.4 is 0 Å². The number of fused-ring (bicyclic) bond motifs is 1. The maximum absolute atomic E-state index is 10.6. The minimum atomic E-state index is 0.0862. The standard InChI is InChI=1S/C9H5BrO2S/c10-5-1-2-6-7(4-11)9(12)13-8(6)3-5/h1-4,12H. The van der Waals surface area contributed by atoms with Gasteiger partial charge in [-0.25, -0.2) is 0 Å². The molecule has 1 aromatic carbocycles. The maximum atomic E-state index is 10.6. The van der Waals surface area contributed by atoms with Gasteiger partial charge in [-0.05, 0) is 12.1 Å². The molecule has 1 heterocycles. The number of thiophene rings is 1. The molecule has 0 radical (unpaired) electrons. The lowest BCUT2D eigenvalue weighted by atomic mass is 10.2. The smallest absolute Gasteiger partial charge is 0.183 e. The fourth-order valence-electron chi connectivity index (χ4n) is 1.19. The third-order valence-corrected chi connectivity index (χ3v) is 3.25. The van der Waals surface area contributed by atoms with E-state index in [-0.39, 0.29) is 5.06 Å². The van der Waals surface area contributed by atoms with Crippen molar-refractivity contribution >= 4 is 43.6 Å². The lowest BCUT2D eigenvalue weighted by molar-refractivity contribution is 0.112. The summed E-state index contributed by atoms with van der Waals surface area (Å²) in [7, 11) is 0. The largest absolute Gasteiger partial charge is 0.499 e. The van der Waals surface area contributed by atoms with Gasteiger partial charge in [-0.15, -0.1) is 0 Å². The fourth-order valence-corrected chi connectivity index (χ4v) is 2.65. The summed E-state index contributed by atoms with van der Waals surface area (Å²) in [6, 6.07) is 5.55. The third-order valence-electron chi connectivity index (χ3n) is 1.79. The Hall–Kier alpha value is -0.870. The van der Waals surface area contributed by atoms with Crippen molar-refractivity contribution in [3.05, 3.63) is 28.2 Å². The van der Waals surface area contributed by atoms with Gasteiger partial charge in [0.05, 0.1) is 5.56 Å². The van der Waals surface area contributed by atoms with E-state index in [0.29, 0.717) is 11.8 Å². The third kappa shape index (κ3) is 1.36. The van der Waals surface area contributed by atoms with Gasteiger partial charge in [0, 0.05) is 14.6 Å². The van der Waals surface area contributed by atoms with Crippen LogP contribution in [-0.2, 0) is 0 Å². The Balaban J connectivity index is 2.86. The molecule has 66 valence electrons. The number of benzene rings is 1. The molecule has 0 aliphatic heterocycles. The van der Waals surface area contributed by atoms with Gasteiger partial charge in [0.1, 0.15) is 0 Å². The van der Waals surface area contributed by atoms with Crippen LogP contribution in [0.3, 0.4) is 0 Å². The second-order valence-corrected chi connectivity index (χ2v) is 4.53. The summed E-state index contributed by atoms with van der Waals surface area (Å²) in [6.07, 6.45) is 0.683. The van der Waals surface area contributed by atoms with E-state index in [1.807, 2.05) is 18.2 Å². The molecule has 0 saturated heterocycles. The minimum absolute atomic E-state index is 0.0862. The highest BCUT2D eigenvalue weighted by molar-refractivity contribution is 9.10. The van der Waals surface area contributed by atoms with Crippen LogP contribution >= 0.6 is 27.3 Å². The summed E-state index contributed by atoms with van der Waals surface area (Å²) in [6.45, 7) is 0. The molecule has 0 spiro atoms. The topological polar surface area (TPSA) is 37.3 Å². The van der Waals surface area contributed by atoms with Crippen LogP contribution in [0.4, 0.5) is 0 Å². The van der Waals surface area contributed by atoms with Crippen LogP contribution in [-0.4, -0.2) is 11.4 Å². The van der Waals surface area contributed by atoms with Gasteiger partial charge in [-0.1, -0.05) is 33.3 Å². The Kier molecular flexibility index (Phi) is 2.09. The normalized spacial score (nSPS) is 10.5. The maximum Gasteiger partial charge on any atom is 0.183 e. The van der Waals surface area contributed by atoms with Crippen LogP contribution in [0.2, 0.25) is 0 Å². The van der Waals surface area contributed by atoms with Crippen molar-refractivity contribution in [3.63, 3.8) is 0 Å². The predicted octanol–water partition coefficient (Wildman–Crippen LogP) is 3.18. The van der Waals surface area contributed by atoms with Crippen molar-refractivity contribution in [2.24, 2.45) is 0 Å². The summed E-state index contributed by atoms with van der Waals surface area (Å²) in [4.78, 5) is 10.6. The number of rotatable bonds is 1. The van der Waals surface area contributed by atoms with E-state index in [9.17, 15) is 9.90 Å². The van der Waals surface area contributed by atoms with E-state index in [1.165, 1.54) is 11.3 Å². The number of carbonyl (C=O) groups excluding carboxylic acids is 1. The molecule has 4 heteroatoms. The average molecular weight is 257 g/mol. The molecule has 13 heavy (non-hydrogen) atoms. The predicted molar refractivity (Wildman–Crippen MR) is 56.6 cm³/mol. The molecular weight excluding hydrogens is 252 g/mol. The van der Waals surface area contributed by atoms with E-state index < -0.39 is 0 Å². The van der Waals surface area contributed by atoms with Gasteiger partial charge in [0.25, 0.3) is 0 Å². The highest BCUT2D eigenvalue weighted by Gasteiger charge is 2.09. The first-order valence-electron chi connectivity index (χ1n) is 3.58. The van der Waals surface area contributed by atoms with Crippen LogP contribution in [0.1, 0.15) is 10.4 Å². The van der Waals surface area contributed by atoms with Crippen LogP contribution in [0.25, 0.3) is 10.1 Å². The lowest BCUT2D eigenvalue weighted by Gasteiger charge is -1.90. The quantitative estimate of drug-likeness (QED) is 0.796. The van der Waals surface area contributed by atoms with E-state index in [0.717, 1.165) is 14.6 Å². The zero-order valence-corrected chi connectivity index (χ0v) is 8.85. The first-order chi connectivity index (χ1) is 6.22. The number of hydrogen-bond acceptors (Lipinski definition) is 3. The van der Waals surface area contributed by atoms with E-state index in [1.54, 1.807) is 0 Å². The molecule has 1 aromatic heterocycles. The molecule has 0 saturated carbocycles. The summed E-state index contributed by atoms with van der Waals surface area (Å²) < 4.78 is 1.85. The molecule has 0 fully saturated rings. The molecule has 2 aromatic rings. The lowest BCUT2D eigenvalue weighted by Crippen LogP contribution is -1.75. The molecule has 0 amide bonds. The van der Waals surface area contributed by atoms with Crippen LogP contribution in [0.15, 0.2) is 22.7 Å². The molecular formula is C9H5BrO2S. The number of carbonyl (C=O) groups is 1. The van der Waals surface area contributed by atoms with Crippen molar-refractivity contribution < 1.29 is 9.90 Å². The van der Waals surface area contributed by atoms with Crippen molar-refractivity contribution in [2.75, 3.05) is 0 Å². The molecule has 1 N–H and O–H groups in total. The average Bonchev–Trinajstić information content (AvgIpc) is 2.39. The number of aromatic hydroxyl groups is 1. The number of halogens is 1. The molecule has 0 unspecified atom stereocenters. The summed E-state index contributed by atoms with van der Waals surface area (Å²) in [5.41, 5.74) is 0.382. The Morgan fingerprint density at radius 3 is 2.92 bits per heavy atom. The Bertz CT molecular complexity index is 476. The molecule has 0 aliphatic rings. The summed E-state index contributed by atoms with van der Waals surface area (Å²) in [5, 5.41) is 10.3. The Morgan fingerprint density at radius 1 is 1.46 bits per heavy atom. The minimum Gasteiger partial charge on any atom is -0.499 e. The highest BCUT2D eigenvalue weighted by Crippen LogP contribution is 2.36. The summed E-state index contributed by atoms with van der Waals surface area (Å²) >= 11 is 4.54. The van der Waals surface area contributed by atoms with Gasteiger partial charge >= 0.3 is 0 Å². The van der Waals surface area contributed by atoms with Crippen LogP contribution in [0.5, 0.6) is 5.06 Å². The van der Waals surface area contributed by atoms with Gasteiger partial charge in [0.15, 0.2) is 11.3 Å². The second kappa shape index (κ2) is 3.12. The second-order valence-electron chi connectivity index (χ2n) is 2.58. The van der Waals surface area contributed by atoms with Crippen molar-refractivity contribution in [2.45, 2.75) is 0 Å². The van der Waals surface area contributed by atoms with E-state index >= 15 is 0 Å². The van der Waals surface area contributed by atoms with E-state index in [2.05, 4.69) is 15.9 Å². The molecule has 0 atom stereocenters. The zero-order valence-electron chi connectivity index (χ0n) is 6.45. The molecule has 2 rings (SSSR count). The van der Waals surface area contributed by atoms with Gasteiger partial charge in [0.2, 0.25) is 0 Å². The molecule has 0 bridgehead atoms. The molecule has 2 nitrogen and oxygen atoms in total. The fraction of sp³-hybridized carbons (Fsp3) is 0. The van der Waals surface area contributed by atoms with Gasteiger partial charge < -0.3 is 5.11 Å². The SMILES string of the molecule is O=Cc1c(O)sc2cc(Br)ccc12. The number of aldehydes is 1. The number of hydrogen-bond donors (Lipinski definition) is 1. The molecule has 0 aliphatic carbocycles. The van der Waals surface area contributed by atoms with Crippen LogP contribution in [0, 0.1) is 0 Å². The first-order valence-corrected chi connectivity index (χ1v) is 5.19. The van der Waals surface area contributed by atoms with Gasteiger partial charge in [-0.3, -0.25) is 4.79 Å². The first kappa shape index (κ1) is 8.72. The van der Waals surface area contributed by atoms with Crippen molar-refractivity contribution in [1.29, 1.82) is 0 Å². The van der Waals surface area contributed by atoms with E-state index in [4.69, 9.17) is 0 Å². The van der Waals surface area contributed by atoms with Gasteiger partial charge in [-0.2, -0.15) is 0 Å². The summed E-state index contributed by atoms with van der Waals surface area (Å²) in [5.74, 6) is 0. The Morgan fingerprint density at radius 2 is 2.23 bits per heavy atom. The van der Waals surface area contributed by atoms with Crippen molar-refractivity contribution in [3.8, 4) is 5.06 Å².